The summed E-state index contributed by atoms with van der Waals surface area (Å²) in [4.78, 5) is 39.7. The summed E-state index contributed by atoms with van der Waals surface area (Å²) >= 11 is 0. The van der Waals surface area contributed by atoms with Gasteiger partial charge in [0.25, 0.3) is 21.1 Å². The smallest absolute Gasteiger partial charge is 0.356 e. The first-order valence-electron chi connectivity index (χ1n) is 13.5. The molecular weight excluding hydrogens is 570 g/mol. The number of hydrogen-bond acceptors (Lipinski definition) is 7. The van der Waals surface area contributed by atoms with E-state index in [0.717, 1.165) is 20.7 Å². The number of esters is 1. The topological polar surface area (TPSA) is 119 Å². The molecular formula is C32H31N3O7S. The Hall–Kier alpha value is -4.90. The summed E-state index contributed by atoms with van der Waals surface area (Å²) in [6.07, 6.45) is 3.03. The molecule has 5 rings (SSSR count). The second kappa shape index (κ2) is 11.1. The Morgan fingerprint density at radius 1 is 0.860 bits per heavy atom. The number of para-hydroxylation sites is 1. The Kier molecular flexibility index (Phi) is 7.61. The number of rotatable bonds is 7. The van der Waals surface area contributed by atoms with Gasteiger partial charge in [-0.05, 0) is 57.0 Å². The fraction of sp³-hybridized carbons (Fsp3) is 0.219. The number of ether oxygens (including phenoxy) is 2. The number of fused-ring (bicyclic) bond motifs is 1. The minimum absolute atomic E-state index is 0.0156. The summed E-state index contributed by atoms with van der Waals surface area (Å²) < 4.78 is 43.1. The van der Waals surface area contributed by atoms with Crippen molar-refractivity contribution in [3.63, 3.8) is 0 Å². The van der Waals surface area contributed by atoms with Crippen molar-refractivity contribution in [2.45, 2.75) is 32.6 Å². The minimum Gasteiger partial charge on any atom is -0.461 e. The van der Waals surface area contributed by atoms with Crippen molar-refractivity contribution < 1.29 is 22.7 Å². The fourth-order valence-electron chi connectivity index (χ4n) is 4.98. The van der Waals surface area contributed by atoms with Gasteiger partial charge in [-0.1, -0.05) is 35.9 Å². The van der Waals surface area contributed by atoms with Crippen molar-refractivity contribution in [1.82, 2.24) is 13.1 Å². The third-order valence-corrected chi connectivity index (χ3v) is 8.97. The first-order valence-corrected chi connectivity index (χ1v) is 15.0. The fourth-order valence-corrected chi connectivity index (χ4v) is 6.48. The Bertz CT molecular complexity index is 2120. The zero-order chi connectivity index (χ0) is 31.2. The van der Waals surface area contributed by atoms with Crippen LogP contribution in [0.1, 0.15) is 34.1 Å². The van der Waals surface area contributed by atoms with Gasteiger partial charge in [0.05, 0.1) is 17.7 Å². The first kappa shape index (κ1) is 29.6. The summed E-state index contributed by atoms with van der Waals surface area (Å²) in [6, 6.07) is 14.5. The highest BCUT2D eigenvalue weighted by molar-refractivity contribution is 7.90. The summed E-state index contributed by atoms with van der Waals surface area (Å²) in [5.74, 6) is -0.0279. The van der Waals surface area contributed by atoms with E-state index in [9.17, 15) is 22.8 Å². The number of nitrogens with zero attached hydrogens (tertiary/aromatic N) is 3. The van der Waals surface area contributed by atoms with Crippen LogP contribution in [0.5, 0.6) is 11.5 Å². The molecule has 0 saturated heterocycles. The monoisotopic (exact) mass is 601 g/mol. The maximum Gasteiger partial charge on any atom is 0.356 e. The summed E-state index contributed by atoms with van der Waals surface area (Å²) in [7, 11) is -1.39. The lowest BCUT2D eigenvalue weighted by atomic mass is 10.0. The zero-order valence-corrected chi connectivity index (χ0v) is 25.5. The molecule has 3 aromatic heterocycles. The molecule has 0 radical (unpaired) electrons. The second-order valence-corrected chi connectivity index (χ2v) is 12.2. The van der Waals surface area contributed by atoms with Crippen molar-refractivity contribution in [3.8, 4) is 22.6 Å². The average molecular weight is 602 g/mol. The van der Waals surface area contributed by atoms with E-state index < -0.39 is 21.6 Å². The molecule has 222 valence electrons. The van der Waals surface area contributed by atoms with E-state index in [1.54, 1.807) is 26.1 Å². The van der Waals surface area contributed by atoms with Gasteiger partial charge >= 0.3 is 5.97 Å². The van der Waals surface area contributed by atoms with E-state index in [2.05, 4.69) is 0 Å². The quantitative estimate of drug-likeness (QED) is 0.245. The lowest BCUT2D eigenvalue weighted by Crippen LogP contribution is -2.25. The average Bonchev–Trinajstić information content (AvgIpc) is 3.37. The maximum atomic E-state index is 14.1. The van der Waals surface area contributed by atoms with Gasteiger partial charge in [0, 0.05) is 42.9 Å². The molecule has 0 aliphatic heterocycles. The van der Waals surface area contributed by atoms with Crippen molar-refractivity contribution in [2.75, 3.05) is 6.61 Å². The number of carbonyl (C=O) groups excluding carboxylic acids is 1. The highest BCUT2D eigenvalue weighted by atomic mass is 32.2. The van der Waals surface area contributed by atoms with Gasteiger partial charge in [-0.2, -0.15) is 0 Å². The second-order valence-electron chi connectivity index (χ2n) is 10.4. The molecule has 0 fully saturated rings. The number of aromatic nitrogens is 3. The normalized spacial score (nSPS) is 11.6. The molecule has 10 nitrogen and oxygen atoms in total. The van der Waals surface area contributed by atoms with Crippen LogP contribution in [-0.4, -0.2) is 34.1 Å². The van der Waals surface area contributed by atoms with E-state index >= 15 is 0 Å². The molecule has 0 spiro atoms. The van der Waals surface area contributed by atoms with Gasteiger partial charge in [-0.15, -0.1) is 0 Å². The van der Waals surface area contributed by atoms with Crippen LogP contribution in [0, 0.1) is 20.8 Å². The zero-order valence-electron chi connectivity index (χ0n) is 24.7. The summed E-state index contributed by atoms with van der Waals surface area (Å²) in [5.41, 5.74) is 1.57. The number of benzene rings is 2. The number of aryl methyl sites for hydroxylation is 5. The number of pyridine rings is 2. The van der Waals surface area contributed by atoms with Gasteiger partial charge in [-0.3, -0.25) is 9.59 Å². The third-order valence-electron chi connectivity index (χ3n) is 7.24. The highest BCUT2D eigenvalue weighted by Crippen LogP contribution is 2.39. The molecule has 43 heavy (non-hydrogen) atoms. The molecule has 0 unspecified atom stereocenters. The SMILES string of the molecule is CCOC(=O)c1cc2c(-c3cc(=O)n(C)cc3Oc3c(C)cccc3C)cn(C)c(=O)c2n1S(=O)(=O)c1ccc(C)cc1. The van der Waals surface area contributed by atoms with Crippen LogP contribution in [0.25, 0.3) is 22.0 Å². The largest absolute Gasteiger partial charge is 0.461 e. The Balaban J connectivity index is 1.88. The molecule has 5 aromatic rings. The molecule has 0 amide bonds. The van der Waals surface area contributed by atoms with Gasteiger partial charge in [0.1, 0.15) is 17.0 Å². The van der Waals surface area contributed by atoms with E-state index in [-0.39, 0.29) is 33.7 Å². The highest BCUT2D eigenvalue weighted by Gasteiger charge is 2.31. The van der Waals surface area contributed by atoms with Crippen LogP contribution in [0.15, 0.2) is 81.5 Å². The van der Waals surface area contributed by atoms with Gasteiger partial charge in [0.2, 0.25) is 0 Å². The van der Waals surface area contributed by atoms with Crippen molar-refractivity contribution >= 4 is 26.9 Å². The van der Waals surface area contributed by atoms with E-state index in [1.807, 2.05) is 39.0 Å². The molecule has 0 bridgehead atoms. The summed E-state index contributed by atoms with van der Waals surface area (Å²) in [5, 5.41) is 0.140. The van der Waals surface area contributed by atoms with Crippen LogP contribution in [-0.2, 0) is 28.9 Å². The van der Waals surface area contributed by atoms with Crippen LogP contribution in [0.2, 0.25) is 0 Å². The lowest BCUT2D eigenvalue weighted by Gasteiger charge is -2.17. The van der Waals surface area contributed by atoms with Crippen molar-refractivity contribution in [3.05, 3.63) is 110 Å². The molecule has 11 heteroatoms. The van der Waals surface area contributed by atoms with Crippen molar-refractivity contribution in [1.29, 1.82) is 0 Å². The third kappa shape index (κ3) is 5.16. The number of hydrogen-bond donors (Lipinski definition) is 0. The van der Waals surface area contributed by atoms with Crippen LogP contribution in [0.4, 0.5) is 0 Å². The standard InChI is InChI=1S/C32H31N3O7S/c1-7-41-32(38)26-15-24-25(23-16-28(36)33(5)18-27(23)42-30-20(3)9-8-10-21(30)4)17-34(6)31(37)29(24)35(26)43(39,40)22-13-11-19(2)12-14-22/h8-18H,7H2,1-6H3. The predicted molar refractivity (Wildman–Crippen MR) is 164 cm³/mol. The van der Waals surface area contributed by atoms with E-state index in [4.69, 9.17) is 9.47 Å². The Morgan fingerprint density at radius 3 is 2.14 bits per heavy atom. The molecule has 3 heterocycles. The van der Waals surface area contributed by atoms with E-state index in [1.165, 1.54) is 52.8 Å². The summed E-state index contributed by atoms with van der Waals surface area (Å²) in [6.45, 7) is 7.20. The molecule has 0 N–H and O–H groups in total. The lowest BCUT2D eigenvalue weighted by molar-refractivity contribution is 0.0518. The first-order chi connectivity index (χ1) is 20.3. The minimum atomic E-state index is -4.45. The Labute approximate surface area is 248 Å². The van der Waals surface area contributed by atoms with Crippen molar-refractivity contribution in [2.24, 2.45) is 14.1 Å². The molecule has 0 aliphatic carbocycles. The number of carbonyl (C=O) groups is 1. The van der Waals surface area contributed by atoms with E-state index in [0.29, 0.717) is 22.6 Å². The molecule has 2 aromatic carbocycles. The van der Waals surface area contributed by atoms with Crippen LogP contribution >= 0.6 is 0 Å². The van der Waals surface area contributed by atoms with Gasteiger partial charge in [0.15, 0.2) is 5.75 Å². The maximum absolute atomic E-state index is 14.1. The Morgan fingerprint density at radius 2 is 1.51 bits per heavy atom. The molecule has 0 atom stereocenters. The van der Waals surface area contributed by atoms with Gasteiger partial charge in [-0.25, -0.2) is 17.2 Å². The molecule has 0 saturated carbocycles. The van der Waals surface area contributed by atoms with Crippen LogP contribution in [0.3, 0.4) is 0 Å². The molecule has 0 aliphatic rings. The van der Waals surface area contributed by atoms with Crippen LogP contribution < -0.4 is 15.9 Å². The predicted octanol–water partition coefficient (Wildman–Crippen LogP) is 4.84. The van der Waals surface area contributed by atoms with Gasteiger partial charge < -0.3 is 18.6 Å².